The highest BCUT2D eigenvalue weighted by Crippen LogP contribution is 2.42. The second kappa shape index (κ2) is 9.67. The molecule has 4 rings (SSSR count). The number of carbonyl (C=O) groups is 1. The van der Waals surface area contributed by atoms with Crippen molar-refractivity contribution < 1.29 is 14.3 Å². The second-order valence-electron chi connectivity index (χ2n) is 7.17. The van der Waals surface area contributed by atoms with E-state index in [2.05, 4.69) is 15.3 Å². The zero-order valence-electron chi connectivity index (χ0n) is 17.6. The largest absolute Gasteiger partial charge is 0.493 e. The highest BCUT2D eigenvalue weighted by molar-refractivity contribution is 7.98. The summed E-state index contributed by atoms with van der Waals surface area (Å²) in [4.78, 5) is 33.0. The fraction of sp³-hybridized carbons (Fsp3) is 0.261. The van der Waals surface area contributed by atoms with Gasteiger partial charge in [-0.25, -0.2) is 4.98 Å². The first-order valence-corrected chi connectivity index (χ1v) is 11.5. The standard InChI is InChI=1S/C23H22ClN3O4S/c1-3-31-20-15(8-5-9-17(20)30-2)16-11-18(28)25-21-19(16)22(29)27-23(26-21)32-12-13-6-4-7-14(24)10-13/h4-10,16H,3,11-12H2,1-2H3,(H2,25,26,27,28,29). The number of nitrogens with zero attached hydrogens (tertiary/aromatic N) is 1. The van der Waals surface area contributed by atoms with Crippen LogP contribution >= 0.6 is 23.4 Å². The molecule has 1 aliphatic rings. The number of H-pyrrole nitrogens is 1. The summed E-state index contributed by atoms with van der Waals surface area (Å²) in [6.45, 7) is 2.29. The Balaban J connectivity index is 1.71. The maximum atomic E-state index is 13.1. The summed E-state index contributed by atoms with van der Waals surface area (Å²) in [5.41, 5.74) is 1.83. The highest BCUT2D eigenvalue weighted by atomic mass is 35.5. The van der Waals surface area contributed by atoms with E-state index in [0.717, 1.165) is 5.56 Å². The fourth-order valence-electron chi connectivity index (χ4n) is 3.73. The molecule has 0 saturated carbocycles. The molecule has 0 aliphatic carbocycles. The number of hydrogen-bond donors (Lipinski definition) is 2. The van der Waals surface area contributed by atoms with Crippen LogP contribution in [-0.4, -0.2) is 29.6 Å². The number of aromatic amines is 1. The Hall–Kier alpha value is -2.97. The van der Waals surface area contributed by atoms with Crippen LogP contribution in [0.1, 0.15) is 36.0 Å². The number of nitrogens with one attached hydrogen (secondary N) is 2. The minimum atomic E-state index is -0.501. The van der Waals surface area contributed by atoms with Crippen molar-refractivity contribution in [3.05, 3.63) is 74.5 Å². The highest BCUT2D eigenvalue weighted by Gasteiger charge is 2.33. The quantitative estimate of drug-likeness (QED) is 0.386. The summed E-state index contributed by atoms with van der Waals surface area (Å²) in [7, 11) is 1.56. The number of carbonyl (C=O) groups excluding carboxylic acids is 1. The molecule has 1 unspecified atom stereocenters. The van der Waals surface area contributed by atoms with Crippen LogP contribution in [0.25, 0.3) is 0 Å². The molecule has 0 saturated heterocycles. The van der Waals surface area contributed by atoms with Crippen molar-refractivity contribution >= 4 is 35.1 Å². The molecule has 2 heterocycles. The molecule has 9 heteroatoms. The normalized spacial score (nSPS) is 15.1. The van der Waals surface area contributed by atoms with Gasteiger partial charge in [-0.3, -0.25) is 9.59 Å². The molecule has 2 aromatic carbocycles. The van der Waals surface area contributed by atoms with Gasteiger partial charge in [-0.2, -0.15) is 0 Å². The summed E-state index contributed by atoms with van der Waals surface area (Å²) >= 11 is 7.41. The van der Waals surface area contributed by atoms with Crippen LogP contribution in [-0.2, 0) is 10.5 Å². The van der Waals surface area contributed by atoms with Crippen molar-refractivity contribution in [1.29, 1.82) is 0 Å². The Labute approximate surface area is 194 Å². The van der Waals surface area contributed by atoms with Crippen molar-refractivity contribution in [3.8, 4) is 11.5 Å². The first-order chi connectivity index (χ1) is 15.5. The lowest BCUT2D eigenvalue weighted by molar-refractivity contribution is -0.116. The number of ether oxygens (including phenoxy) is 2. The average molecular weight is 472 g/mol. The molecule has 0 radical (unpaired) electrons. The molecule has 1 aromatic heterocycles. The lowest BCUT2D eigenvalue weighted by atomic mass is 9.86. The minimum Gasteiger partial charge on any atom is -0.493 e. The Morgan fingerprint density at radius 2 is 2.03 bits per heavy atom. The maximum Gasteiger partial charge on any atom is 0.257 e. The van der Waals surface area contributed by atoms with Gasteiger partial charge in [0.2, 0.25) is 5.91 Å². The SMILES string of the molecule is CCOc1c(OC)cccc1C1CC(=O)Nc2nc(SCc3cccc(Cl)c3)[nH]c(=O)c21. The number of anilines is 1. The number of fused-ring (bicyclic) bond motifs is 1. The zero-order valence-corrected chi connectivity index (χ0v) is 19.2. The molecule has 1 aliphatic heterocycles. The number of methoxy groups -OCH3 is 1. The summed E-state index contributed by atoms with van der Waals surface area (Å²) in [6, 6.07) is 12.9. The smallest absolute Gasteiger partial charge is 0.257 e. The predicted molar refractivity (Wildman–Crippen MR) is 125 cm³/mol. The first-order valence-electron chi connectivity index (χ1n) is 10.1. The van der Waals surface area contributed by atoms with Crippen LogP contribution in [0.2, 0.25) is 5.02 Å². The van der Waals surface area contributed by atoms with Crippen molar-refractivity contribution in [1.82, 2.24) is 9.97 Å². The maximum absolute atomic E-state index is 13.1. The topological polar surface area (TPSA) is 93.3 Å². The number of amides is 1. The number of rotatable bonds is 7. The van der Waals surface area contributed by atoms with Gasteiger partial charge in [0, 0.05) is 28.7 Å². The Morgan fingerprint density at radius 1 is 1.22 bits per heavy atom. The van der Waals surface area contributed by atoms with Crippen LogP contribution in [0, 0.1) is 0 Å². The van der Waals surface area contributed by atoms with Gasteiger partial charge >= 0.3 is 0 Å². The van der Waals surface area contributed by atoms with Crippen LogP contribution in [0.5, 0.6) is 11.5 Å². The van der Waals surface area contributed by atoms with Crippen LogP contribution in [0.15, 0.2) is 52.4 Å². The van der Waals surface area contributed by atoms with Gasteiger partial charge < -0.3 is 19.8 Å². The zero-order chi connectivity index (χ0) is 22.7. The van der Waals surface area contributed by atoms with Gasteiger partial charge in [0.25, 0.3) is 5.56 Å². The summed E-state index contributed by atoms with van der Waals surface area (Å²) in [5.74, 6) is 1.21. The summed E-state index contributed by atoms with van der Waals surface area (Å²) in [5, 5.41) is 3.82. The average Bonchev–Trinajstić information content (AvgIpc) is 2.77. The minimum absolute atomic E-state index is 0.111. The first kappa shape index (κ1) is 22.2. The van der Waals surface area contributed by atoms with E-state index >= 15 is 0 Å². The van der Waals surface area contributed by atoms with Gasteiger partial charge in [0.15, 0.2) is 16.7 Å². The number of aromatic nitrogens is 2. The second-order valence-corrected chi connectivity index (χ2v) is 8.57. The van der Waals surface area contributed by atoms with E-state index < -0.39 is 5.92 Å². The number of para-hydroxylation sites is 1. The molecule has 0 fully saturated rings. The molecule has 7 nitrogen and oxygen atoms in total. The molecule has 3 aromatic rings. The molecule has 2 N–H and O–H groups in total. The van der Waals surface area contributed by atoms with Gasteiger partial charge in [-0.1, -0.05) is 47.6 Å². The van der Waals surface area contributed by atoms with Crippen molar-refractivity contribution in [2.24, 2.45) is 0 Å². The van der Waals surface area contributed by atoms with Crippen LogP contribution in [0.3, 0.4) is 0 Å². The van der Waals surface area contributed by atoms with Gasteiger partial charge in [0.1, 0.15) is 5.82 Å². The van der Waals surface area contributed by atoms with Crippen LogP contribution in [0.4, 0.5) is 5.82 Å². The molecule has 32 heavy (non-hydrogen) atoms. The molecule has 1 atom stereocenters. The van der Waals surface area contributed by atoms with E-state index in [1.54, 1.807) is 19.2 Å². The Morgan fingerprint density at radius 3 is 2.78 bits per heavy atom. The number of halogens is 1. The fourth-order valence-corrected chi connectivity index (χ4v) is 4.75. The van der Waals surface area contributed by atoms with Gasteiger partial charge in [0.05, 0.1) is 19.3 Å². The third-order valence-electron chi connectivity index (χ3n) is 5.09. The van der Waals surface area contributed by atoms with Gasteiger partial charge in [-0.15, -0.1) is 0 Å². The molecular formula is C23H22ClN3O4S. The third-order valence-corrected chi connectivity index (χ3v) is 6.27. The van der Waals surface area contributed by atoms with Crippen molar-refractivity contribution in [3.63, 3.8) is 0 Å². The third kappa shape index (κ3) is 4.61. The van der Waals surface area contributed by atoms with E-state index in [4.69, 9.17) is 21.1 Å². The van der Waals surface area contributed by atoms with E-state index in [1.165, 1.54) is 11.8 Å². The van der Waals surface area contributed by atoms with E-state index in [9.17, 15) is 9.59 Å². The molecule has 1 amide bonds. The number of benzene rings is 2. The Bertz CT molecular complexity index is 1210. The van der Waals surface area contributed by atoms with Crippen molar-refractivity contribution in [2.45, 2.75) is 30.2 Å². The van der Waals surface area contributed by atoms with Crippen molar-refractivity contribution in [2.75, 3.05) is 19.0 Å². The number of hydrogen-bond acceptors (Lipinski definition) is 6. The lowest BCUT2D eigenvalue weighted by Gasteiger charge is -2.26. The van der Waals surface area contributed by atoms with E-state index in [1.807, 2.05) is 37.3 Å². The van der Waals surface area contributed by atoms with Crippen LogP contribution < -0.4 is 20.3 Å². The number of thioether (sulfide) groups is 1. The molecule has 0 spiro atoms. The summed E-state index contributed by atoms with van der Waals surface area (Å²) < 4.78 is 11.3. The monoisotopic (exact) mass is 471 g/mol. The van der Waals surface area contributed by atoms with Gasteiger partial charge in [-0.05, 0) is 30.7 Å². The van der Waals surface area contributed by atoms with E-state index in [0.29, 0.717) is 45.2 Å². The predicted octanol–water partition coefficient (Wildman–Crippen LogP) is 4.60. The summed E-state index contributed by atoms with van der Waals surface area (Å²) in [6.07, 6.45) is 0.111. The van der Waals surface area contributed by atoms with E-state index in [-0.39, 0.29) is 23.7 Å². The lowest BCUT2D eigenvalue weighted by Crippen LogP contribution is -2.31. The molecule has 166 valence electrons. The Kier molecular flexibility index (Phi) is 6.72. The molecule has 0 bridgehead atoms. The molecular weight excluding hydrogens is 450 g/mol.